The van der Waals surface area contributed by atoms with Gasteiger partial charge in [0.25, 0.3) is 5.91 Å². The Balaban J connectivity index is 1.34. The molecule has 0 atom stereocenters. The molecule has 0 unspecified atom stereocenters. The highest BCUT2D eigenvalue weighted by Crippen LogP contribution is 2.20. The minimum atomic E-state index is -0.210. The van der Waals surface area contributed by atoms with Crippen LogP contribution >= 0.6 is 0 Å². The molecule has 4 rings (SSSR count). The SMILES string of the molecule is CN1CCN(C(=O)c2ccc(N3CCN(c4ccc(F)cc4)CC3)nc2)CC1. The van der Waals surface area contributed by atoms with Crippen LogP contribution in [0.4, 0.5) is 15.9 Å². The predicted molar refractivity (Wildman–Crippen MR) is 108 cm³/mol. The van der Waals surface area contributed by atoms with Gasteiger partial charge in [-0.2, -0.15) is 0 Å². The smallest absolute Gasteiger partial charge is 0.255 e. The van der Waals surface area contributed by atoms with E-state index in [0.717, 1.165) is 63.9 Å². The van der Waals surface area contributed by atoms with Crippen molar-refractivity contribution in [1.82, 2.24) is 14.8 Å². The van der Waals surface area contributed by atoms with Crippen LogP contribution in [0.15, 0.2) is 42.6 Å². The van der Waals surface area contributed by atoms with Crippen LogP contribution in [0, 0.1) is 5.82 Å². The molecule has 28 heavy (non-hydrogen) atoms. The molecule has 1 aromatic heterocycles. The maximum absolute atomic E-state index is 13.1. The Kier molecular flexibility index (Phi) is 5.43. The van der Waals surface area contributed by atoms with Gasteiger partial charge in [-0.15, -0.1) is 0 Å². The monoisotopic (exact) mass is 383 g/mol. The molecule has 7 heteroatoms. The lowest BCUT2D eigenvalue weighted by Gasteiger charge is -2.36. The van der Waals surface area contributed by atoms with Crippen LogP contribution in [-0.2, 0) is 0 Å². The van der Waals surface area contributed by atoms with Crippen LogP contribution in [0.25, 0.3) is 0 Å². The second-order valence-corrected chi connectivity index (χ2v) is 7.45. The second kappa shape index (κ2) is 8.14. The largest absolute Gasteiger partial charge is 0.368 e. The Bertz CT molecular complexity index is 795. The summed E-state index contributed by atoms with van der Waals surface area (Å²) in [5.41, 5.74) is 1.69. The number of carbonyl (C=O) groups is 1. The van der Waals surface area contributed by atoms with Gasteiger partial charge in [-0.1, -0.05) is 0 Å². The van der Waals surface area contributed by atoms with E-state index in [0.29, 0.717) is 5.56 Å². The molecule has 0 aliphatic carbocycles. The number of aromatic nitrogens is 1. The van der Waals surface area contributed by atoms with Crippen molar-refractivity contribution in [2.75, 3.05) is 69.2 Å². The summed E-state index contributed by atoms with van der Waals surface area (Å²) >= 11 is 0. The van der Waals surface area contributed by atoms with E-state index in [9.17, 15) is 9.18 Å². The number of halogens is 1. The van der Waals surface area contributed by atoms with Crippen molar-refractivity contribution in [2.45, 2.75) is 0 Å². The third kappa shape index (κ3) is 4.09. The third-order valence-corrected chi connectivity index (χ3v) is 5.58. The second-order valence-electron chi connectivity index (χ2n) is 7.45. The first-order chi connectivity index (χ1) is 13.6. The fraction of sp³-hybridized carbons (Fsp3) is 0.429. The van der Waals surface area contributed by atoms with Crippen molar-refractivity contribution in [3.63, 3.8) is 0 Å². The van der Waals surface area contributed by atoms with E-state index in [-0.39, 0.29) is 11.7 Å². The van der Waals surface area contributed by atoms with Gasteiger partial charge < -0.3 is 19.6 Å². The molecule has 1 aromatic carbocycles. The van der Waals surface area contributed by atoms with Gasteiger partial charge in [0.05, 0.1) is 5.56 Å². The van der Waals surface area contributed by atoms with E-state index < -0.39 is 0 Å². The molecule has 2 fully saturated rings. The number of nitrogens with zero attached hydrogens (tertiary/aromatic N) is 5. The van der Waals surface area contributed by atoms with Gasteiger partial charge in [0.15, 0.2) is 0 Å². The van der Waals surface area contributed by atoms with E-state index in [1.807, 2.05) is 29.2 Å². The predicted octanol–water partition coefficient (Wildman–Crippen LogP) is 1.93. The topological polar surface area (TPSA) is 42.9 Å². The van der Waals surface area contributed by atoms with E-state index in [4.69, 9.17) is 0 Å². The lowest BCUT2D eigenvalue weighted by atomic mass is 10.2. The van der Waals surface area contributed by atoms with Gasteiger partial charge in [-0.25, -0.2) is 9.37 Å². The van der Waals surface area contributed by atoms with Crippen LogP contribution in [0.5, 0.6) is 0 Å². The minimum Gasteiger partial charge on any atom is -0.368 e. The van der Waals surface area contributed by atoms with Gasteiger partial charge in [0.1, 0.15) is 11.6 Å². The summed E-state index contributed by atoms with van der Waals surface area (Å²) in [6.45, 7) is 6.76. The molecule has 2 saturated heterocycles. The number of carbonyl (C=O) groups excluding carboxylic acids is 1. The van der Waals surface area contributed by atoms with Crippen LogP contribution in [0.1, 0.15) is 10.4 Å². The molecule has 2 aliphatic heterocycles. The minimum absolute atomic E-state index is 0.0632. The summed E-state index contributed by atoms with van der Waals surface area (Å²) in [5, 5.41) is 0. The average Bonchev–Trinajstić information content (AvgIpc) is 2.75. The maximum Gasteiger partial charge on any atom is 0.255 e. The highest BCUT2D eigenvalue weighted by atomic mass is 19.1. The highest BCUT2D eigenvalue weighted by molar-refractivity contribution is 5.94. The number of hydrogen-bond donors (Lipinski definition) is 0. The highest BCUT2D eigenvalue weighted by Gasteiger charge is 2.22. The van der Waals surface area contributed by atoms with Crippen LogP contribution in [-0.4, -0.2) is 80.1 Å². The zero-order chi connectivity index (χ0) is 19.5. The normalized spacial score (nSPS) is 18.4. The first-order valence-electron chi connectivity index (χ1n) is 9.79. The molecule has 3 heterocycles. The van der Waals surface area contributed by atoms with Crippen LogP contribution in [0.2, 0.25) is 0 Å². The lowest BCUT2D eigenvalue weighted by Crippen LogP contribution is -2.47. The quantitative estimate of drug-likeness (QED) is 0.810. The fourth-order valence-corrected chi connectivity index (χ4v) is 3.74. The van der Waals surface area contributed by atoms with Crippen molar-refractivity contribution >= 4 is 17.4 Å². The van der Waals surface area contributed by atoms with Crippen molar-refractivity contribution < 1.29 is 9.18 Å². The van der Waals surface area contributed by atoms with E-state index in [1.54, 1.807) is 6.20 Å². The molecule has 0 saturated carbocycles. The van der Waals surface area contributed by atoms with Gasteiger partial charge in [0, 0.05) is 64.2 Å². The van der Waals surface area contributed by atoms with Crippen molar-refractivity contribution in [3.05, 3.63) is 54.0 Å². The Morgan fingerprint density at radius 2 is 1.50 bits per heavy atom. The molecule has 0 radical (unpaired) electrons. The zero-order valence-corrected chi connectivity index (χ0v) is 16.2. The third-order valence-electron chi connectivity index (χ3n) is 5.58. The average molecular weight is 383 g/mol. The number of anilines is 2. The molecule has 1 amide bonds. The molecule has 0 bridgehead atoms. The standard InChI is InChI=1S/C21H26FN5O/c1-24-8-10-27(11-9-24)21(28)17-2-7-20(23-16-17)26-14-12-25(13-15-26)19-5-3-18(22)4-6-19/h2-7,16H,8-15H2,1H3. The van der Waals surface area contributed by atoms with Crippen LogP contribution in [0.3, 0.4) is 0 Å². The molecule has 0 N–H and O–H groups in total. The summed E-state index contributed by atoms with van der Waals surface area (Å²) in [5.74, 6) is 0.750. The summed E-state index contributed by atoms with van der Waals surface area (Å²) in [6, 6.07) is 10.5. The summed E-state index contributed by atoms with van der Waals surface area (Å²) in [4.78, 5) is 25.8. The van der Waals surface area contributed by atoms with Crippen LogP contribution < -0.4 is 9.80 Å². The number of pyridine rings is 1. The number of amides is 1. The van der Waals surface area contributed by atoms with Crippen molar-refractivity contribution in [2.24, 2.45) is 0 Å². The lowest BCUT2D eigenvalue weighted by molar-refractivity contribution is 0.0663. The van der Waals surface area contributed by atoms with Gasteiger partial charge in [-0.05, 0) is 43.4 Å². The number of rotatable bonds is 3. The Labute approximate surface area is 165 Å². The molecule has 2 aromatic rings. The molecule has 2 aliphatic rings. The van der Waals surface area contributed by atoms with E-state index in [1.165, 1.54) is 12.1 Å². The number of likely N-dealkylation sites (N-methyl/N-ethyl adjacent to an activating group) is 1. The van der Waals surface area contributed by atoms with Gasteiger partial charge in [-0.3, -0.25) is 4.79 Å². The molecule has 0 spiro atoms. The van der Waals surface area contributed by atoms with E-state index in [2.05, 4.69) is 26.7 Å². The first-order valence-corrected chi connectivity index (χ1v) is 9.79. The summed E-state index contributed by atoms with van der Waals surface area (Å²) < 4.78 is 13.1. The van der Waals surface area contributed by atoms with Crippen molar-refractivity contribution in [3.8, 4) is 0 Å². The zero-order valence-electron chi connectivity index (χ0n) is 16.2. The molecule has 148 valence electrons. The van der Waals surface area contributed by atoms with Crippen molar-refractivity contribution in [1.29, 1.82) is 0 Å². The number of hydrogen-bond acceptors (Lipinski definition) is 5. The Morgan fingerprint density at radius 1 is 0.857 bits per heavy atom. The maximum atomic E-state index is 13.1. The summed E-state index contributed by atoms with van der Waals surface area (Å²) in [7, 11) is 2.08. The van der Waals surface area contributed by atoms with Gasteiger partial charge in [0.2, 0.25) is 0 Å². The van der Waals surface area contributed by atoms with E-state index >= 15 is 0 Å². The molecular weight excluding hydrogens is 357 g/mol. The molecule has 6 nitrogen and oxygen atoms in total. The number of benzene rings is 1. The van der Waals surface area contributed by atoms with Gasteiger partial charge >= 0.3 is 0 Å². The number of piperazine rings is 2. The summed E-state index contributed by atoms with van der Waals surface area (Å²) in [6.07, 6.45) is 1.70. The Morgan fingerprint density at radius 3 is 2.11 bits per heavy atom. The first kappa shape index (κ1) is 18.7. The fourth-order valence-electron chi connectivity index (χ4n) is 3.74. The molecular formula is C21H26FN5O. The Hall–Kier alpha value is -2.67.